The highest BCUT2D eigenvalue weighted by molar-refractivity contribution is 5.36. The van der Waals surface area contributed by atoms with Crippen LogP contribution >= 0.6 is 0 Å². The van der Waals surface area contributed by atoms with Gasteiger partial charge in [-0.25, -0.2) is 0 Å². The number of aliphatic hydroxyl groups is 1. The molecule has 1 heterocycles. The van der Waals surface area contributed by atoms with Crippen molar-refractivity contribution in [2.75, 3.05) is 32.7 Å². The zero-order valence-electron chi connectivity index (χ0n) is 10.9. The van der Waals surface area contributed by atoms with E-state index in [4.69, 9.17) is 0 Å². The molecule has 0 aromatic heterocycles. The van der Waals surface area contributed by atoms with E-state index < -0.39 is 5.60 Å². The van der Waals surface area contributed by atoms with Gasteiger partial charge in [0.15, 0.2) is 0 Å². The van der Waals surface area contributed by atoms with Crippen LogP contribution in [0.5, 0.6) is 0 Å². The third-order valence-electron chi connectivity index (χ3n) is 4.15. The fourth-order valence-electron chi connectivity index (χ4n) is 2.79. The molecule has 1 aliphatic heterocycles. The van der Waals surface area contributed by atoms with Crippen molar-refractivity contribution in [2.24, 2.45) is 0 Å². The van der Waals surface area contributed by atoms with Gasteiger partial charge in [-0.2, -0.15) is 0 Å². The highest BCUT2D eigenvalue weighted by atomic mass is 16.3. The highest BCUT2D eigenvalue weighted by Crippen LogP contribution is 2.46. The van der Waals surface area contributed by atoms with Crippen molar-refractivity contribution in [3.8, 4) is 0 Å². The summed E-state index contributed by atoms with van der Waals surface area (Å²) in [5.74, 6) is 0. The van der Waals surface area contributed by atoms with Crippen molar-refractivity contribution in [3.63, 3.8) is 0 Å². The Balaban J connectivity index is 1.65. The zero-order valence-corrected chi connectivity index (χ0v) is 10.9. The van der Waals surface area contributed by atoms with Crippen LogP contribution < -0.4 is 5.32 Å². The quantitative estimate of drug-likeness (QED) is 0.835. The molecule has 3 nitrogen and oxygen atoms in total. The Labute approximate surface area is 109 Å². The van der Waals surface area contributed by atoms with Gasteiger partial charge in [0.1, 0.15) is 0 Å². The Bertz CT molecular complexity index is 409. The second-order valence-corrected chi connectivity index (χ2v) is 5.53. The van der Waals surface area contributed by atoms with Crippen LogP contribution in [0.1, 0.15) is 24.0 Å². The third kappa shape index (κ3) is 2.58. The largest absolute Gasteiger partial charge is 0.385 e. The van der Waals surface area contributed by atoms with Crippen LogP contribution in [0.15, 0.2) is 24.3 Å². The molecule has 0 amide bonds. The van der Waals surface area contributed by atoms with Gasteiger partial charge in [0, 0.05) is 32.7 Å². The molecule has 0 atom stereocenters. The van der Waals surface area contributed by atoms with E-state index in [1.807, 2.05) is 6.07 Å². The average Bonchev–Trinajstić information content (AvgIpc) is 3.17. The second kappa shape index (κ2) is 5.00. The number of piperazine rings is 1. The van der Waals surface area contributed by atoms with Crippen LogP contribution in [0.2, 0.25) is 0 Å². The summed E-state index contributed by atoms with van der Waals surface area (Å²) in [7, 11) is 0. The monoisotopic (exact) mass is 246 g/mol. The molecule has 3 rings (SSSR count). The lowest BCUT2D eigenvalue weighted by atomic mass is 9.98. The molecule has 0 unspecified atom stereocenters. The zero-order chi connectivity index (χ0) is 12.4. The van der Waals surface area contributed by atoms with Crippen molar-refractivity contribution < 1.29 is 5.11 Å². The first-order valence-corrected chi connectivity index (χ1v) is 7.02. The van der Waals surface area contributed by atoms with Crippen molar-refractivity contribution in [3.05, 3.63) is 35.4 Å². The maximum atomic E-state index is 10.3. The van der Waals surface area contributed by atoms with Crippen LogP contribution in [0, 0.1) is 0 Å². The molecule has 0 radical (unpaired) electrons. The summed E-state index contributed by atoms with van der Waals surface area (Å²) in [6, 6.07) is 8.40. The van der Waals surface area contributed by atoms with E-state index in [9.17, 15) is 5.11 Å². The molecule has 1 saturated carbocycles. The van der Waals surface area contributed by atoms with Crippen LogP contribution in [0.4, 0.5) is 0 Å². The van der Waals surface area contributed by atoms with Gasteiger partial charge in [-0.05, 0) is 30.4 Å². The second-order valence-electron chi connectivity index (χ2n) is 5.53. The molecule has 2 N–H and O–H groups in total. The first kappa shape index (κ1) is 12.2. The third-order valence-corrected chi connectivity index (χ3v) is 4.15. The van der Waals surface area contributed by atoms with Gasteiger partial charge in [-0.15, -0.1) is 0 Å². The first-order valence-electron chi connectivity index (χ1n) is 7.02. The normalized spacial score (nSPS) is 22.9. The SMILES string of the molecule is OC1(c2ccccc2CCN2CCNCC2)CC1. The Hall–Kier alpha value is -0.900. The van der Waals surface area contributed by atoms with Crippen molar-refractivity contribution in [2.45, 2.75) is 24.9 Å². The van der Waals surface area contributed by atoms with E-state index in [1.165, 1.54) is 11.1 Å². The van der Waals surface area contributed by atoms with Gasteiger partial charge < -0.3 is 15.3 Å². The molecule has 2 fully saturated rings. The molecule has 1 aliphatic carbocycles. The topological polar surface area (TPSA) is 35.5 Å². The van der Waals surface area contributed by atoms with E-state index in [-0.39, 0.29) is 0 Å². The minimum absolute atomic E-state index is 0.500. The predicted octanol–water partition coefficient (Wildman–Crippen LogP) is 1.12. The lowest BCUT2D eigenvalue weighted by molar-refractivity contribution is 0.150. The average molecular weight is 246 g/mol. The van der Waals surface area contributed by atoms with Gasteiger partial charge >= 0.3 is 0 Å². The van der Waals surface area contributed by atoms with Gasteiger partial charge in [-0.3, -0.25) is 0 Å². The fourth-order valence-corrected chi connectivity index (χ4v) is 2.79. The van der Waals surface area contributed by atoms with E-state index >= 15 is 0 Å². The number of hydrogen-bond donors (Lipinski definition) is 2. The molecule has 18 heavy (non-hydrogen) atoms. The molecule has 98 valence electrons. The Kier molecular flexibility index (Phi) is 3.37. The molecular formula is C15H22N2O. The Morgan fingerprint density at radius 2 is 1.89 bits per heavy atom. The smallest absolute Gasteiger partial charge is 0.0901 e. The molecule has 1 saturated heterocycles. The summed E-state index contributed by atoms with van der Waals surface area (Å²) >= 11 is 0. The minimum atomic E-state index is -0.500. The maximum Gasteiger partial charge on any atom is 0.0901 e. The summed E-state index contributed by atoms with van der Waals surface area (Å²) in [5.41, 5.74) is 2.00. The number of nitrogens with one attached hydrogen (secondary N) is 1. The van der Waals surface area contributed by atoms with Crippen LogP contribution in [0.25, 0.3) is 0 Å². The first-order chi connectivity index (χ1) is 8.78. The van der Waals surface area contributed by atoms with E-state index in [2.05, 4.69) is 28.4 Å². The molecule has 1 aromatic rings. The Morgan fingerprint density at radius 3 is 2.61 bits per heavy atom. The highest BCUT2D eigenvalue weighted by Gasteiger charge is 2.43. The van der Waals surface area contributed by atoms with E-state index in [0.717, 1.165) is 52.0 Å². The summed E-state index contributed by atoms with van der Waals surface area (Å²) < 4.78 is 0. The van der Waals surface area contributed by atoms with Gasteiger partial charge in [0.2, 0.25) is 0 Å². The van der Waals surface area contributed by atoms with Crippen molar-refractivity contribution in [1.29, 1.82) is 0 Å². The molecule has 2 aliphatic rings. The molecule has 0 spiro atoms. The summed E-state index contributed by atoms with van der Waals surface area (Å²) in [5, 5.41) is 13.7. The number of hydrogen-bond acceptors (Lipinski definition) is 3. The van der Waals surface area contributed by atoms with Gasteiger partial charge in [-0.1, -0.05) is 24.3 Å². The number of benzene rings is 1. The number of nitrogens with zero attached hydrogens (tertiary/aromatic N) is 1. The van der Waals surface area contributed by atoms with E-state index in [1.54, 1.807) is 0 Å². The molecular weight excluding hydrogens is 224 g/mol. The van der Waals surface area contributed by atoms with Gasteiger partial charge in [0.25, 0.3) is 0 Å². The summed E-state index contributed by atoms with van der Waals surface area (Å²) in [6.45, 7) is 5.60. The molecule has 0 bridgehead atoms. The van der Waals surface area contributed by atoms with Gasteiger partial charge in [0.05, 0.1) is 5.60 Å². The minimum Gasteiger partial charge on any atom is -0.385 e. The molecule has 3 heteroatoms. The standard InChI is InChI=1S/C15H22N2O/c18-15(6-7-15)14-4-2-1-3-13(14)5-10-17-11-8-16-9-12-17/h1-4,16,18H,5-12H2. The number of rotatable bonds is 4. The van der Waals surface area contributed by atoms with Crippen LogP contribution in [-0.2, 0) is 12.0 Å². The molecule has 1 aromatic carbocycles. The van der Waals surface area contributed by atoms with E-state index in [0.29, 0.717) is 0 Å². The predicted molar refractivity (Wildman–Crippen MR) is 72.6 cm³/mol. The fraction of sp³-hybridized carbons (Fsp3) is 0.600. The lowest BCUT2D eigenvalue weighted by Crippen LogP contribution is -2.44. The lowest BCUT2D eigenvalue weighted by Gasteiger charge is -2.27. The van der Waals surface area contributed by atoms with Crippen molar-refractivity contribution >= 4 is 0 Å². The van der Waals surface area contributed by atoms with Crippen LogP contribution in [-0.4, -0.2) is 42.7 Å². The van der Waals surface area contributed by atoms with Crippen LogP contribution in [0.3, 0.4) is 0 Å². The Morgan fingerprint density at radius 1 is 1.17 bits per heavy atom. The summed E-state index contributed by atoms with van der Waals surface area (Å²) in [6.07, 6.45) is 2.91. The maximum absolute atomic E-state index is 10.3. The summed E-state index contributed by atoms with van der Waals surface area (Å²) in [4.78, 5) is 2.50. The van der Waals surface area contributed by atoms with Crippen molar-refractivity contribution in [1.82, 2.24) is 10.2 Å².